The number of thiazole rings is 1. The fourth-order valence-corrected chi connectivity index (χ4v) is 6.67. The van der Waals surface area contributed by atoms with Gasteiger partial charge in [-0.3, -0.25) is 9.89 Å². The summed E-state index contributed by atoms with van der Waals surface area (Å²) in [6, 6.07) is 2.94. The van der Waals surface area contributed by atoms with Crippen LogP contribution in [-0.2, 0) is 19.7 Å². The van der Waals surface area contributed by atoms with Crippen molar-refractivity contribution in [3.8, 4) is 0 Å². The predicted octanol–water partition coefficient (Wildman–Crippen LogP) is 1.80. The molecule has 38 heavy (non-hydrogen) atoms. The number of alkyl halides is 1. The van der Waals surface area contributed by atoms with E-state index < -0.39 is 39.7 Å². The third kappa shape index (κ3) is 4.86. The topological polar surface area (TPSA) is 130 Å². The fourth-order valence-electron chi connectivity index (χ4n) is 5.34. The number of benzene rings is 1. The van der Waals surface area contributed by atoms with Crippen LogP contribution in [0, 0.1) is 12.7 Å². The van der Waals surface area contributed by atoms with Crippen LogP contribution in [0.5, 0.6) is 0 Å². The number of ether oxygens (including phenoxy) is 1. The molecule has 204 valence electrons. The summed E-state index contributed by atoms with van der Waals surface area (Å²) in [7, 11) is -4.06. The number of rotatable bonds is 7. The minimum atomic E-state index is -4.06. The van der Waals surface area contributed by atoms with E-state index in [9.17, 15) is 17.6 Å². The van der Waals surface area contributed by atoms with E-state index >= 15 is 4.39 Å². The molecule has 2 saturated heterocycles. The quantitative estimate of drug-likeness (QED) is 0.489. The van der Waals surface area contributed by atoms with Gasteiger partial charge in [0.1, 0.15) is 17.5 Å². The molecule has 0 amide bonds. The van der Waals surface area contributed by atoms with Crippen LogP contribution in [0.3, 0.4) is 0 Å². The number of hydrogen-bond donors (Lipinski definition) is 2. The normalized spacial score (nSPS) is 26.3. The minimum absolute atomic E-state index is 0.0815. The van der Waals surface area contributed by atoms with Gasteiger partial charge in [0.2, 0.25) is 0 Å². The van der Waals surface area contributed by atoms with Crippen LogP contribution in [0.15, 0.2) is 46.0 Å². The average molecular weight is 567 g/mol. The van der Waals surface area contributed by atoms with Crippen LogP contribution < -0.4 is 10.5 Å². The summed E-state index contributed by atoms with van der Waals surface area (Å²) in [4.78, 5) is 24.2. The highest BCUT2D eigenvalue weighted by Gasteiger charge is 2.56. The molecular weight excluding hydrogens is 538 g/mol. The number of amidine groups is 1. The molecule has 2 aromatic rings. The van der Waals surface area contributed by atoms with Crippen molar-refractivity contribution in [1.29, 1.82) is 0 Å². The zero-order valence-electron chi connectivity index (χ0n) is 20.9. The predicted molar refractivity (Wildman–Crippen MR) is 138 cm³/mol. The first-order chi connectivity index (χ1) is 18.0. The Morgan fingerprint density at radius 2 is 2.18 bits per heavy atom. The standard InChI is InChI=1S/C24H28F2N6O4S2/c1-3-36-23(33)19-17(11-31-9-7-24(26)13-32(12-18(24)31)38(27,34)35)29-21(22-28-8-10-37-22)30-20(19)15-5-4-6-16(25)14(15)2/h4-6,8,10,18,20H,3,7,9,11-13H2,1-2H3,(H,29,30)(H2,27,34,35)/t18-,20+,24-/m1/s1. The molecule has 4 heterocycles. The van der Waals surface area contributed by atoms with Crippen molar-refractivity contribution < 1.29 is 26.7 Å². The molecule has 10 nitrogen and oxygen atoms in total. The summed E-state index contributed by atoms with van der Waals surface area (Å²) >= 11 is 1.34. The molecule has 0 bridgehead atoms. The van der Waals surface area contributed by atoms with Gasteiger partial charge in [-0.15, -0.1) is 11.3 Å². The van der Waals surface area contributed by atoms with E-state index in [1.165, 1.54) is 17.4 Å². The molecule has 0 aliphatic carbocycles. The molecule has 2 fully saturated rings. The number of carbonyl (C=O) groups is 1. The number of aromatic nitrogens is 1. The Kier molecular flexibility index (Phi) is 7.11. The average Bonchev–Trinajstić information content (AvgIpc) is 3.57. The molecule has 3 atom stereocenters. The van der Waals surface area contributed by atoms with Gasteiger partial charge in [-0.1, -0.05) is 12.1 Å². The zero-order chi connectivity index (χ0) is 27.2. The maximum Gasteiger partial charge on any atom is 0.338 e. The number of esters is 1. The van der Waals surface area contributed by atoms with Crippen LogP contribution in [0.2, 0.25) is 0 Å². The number of carbonyl (C=O) groups excluding carboxylic acids is 1. The van der Waals surface area contributed by atoms with Crippen molar-refractivity contribution in [3.05, 3.63) is 63.0 Å². The second kappa shape index (κ2) is 10.1. The largest absolute Gasteiger partial charge is 0.463 e. The molecule has 0 spiro atoms. The third-order valence-corrected chi connectivity index (χ3v) is 9.03. The van der Waals surface area contributed by atoms with Gasteiger partial charge < -0.3 is 10.1 Å². The number of nitrogens with two attached hydrogens (primary N) is 1. The minimum Gasteiger partial charge on any atom is -0.463 e. The fraction of sp³-hybridized carbons (Fsp3) is 0.458. The number of likely N-dealkylation sites (tertiary alicyclic amines) is 1. The van der Waals surface area contributed by atoms with E-state index in [2.05, 4.69) is 10.3 Å². The molecule has 3 aliphatic rings. The number of hydrogen-bond acceptors (Lipinski definition) is 9. The molecule has 3 aliphatic heterocycles. The van der Waals surface area contributed by atoms with E-state index in [4.69, 9.17) is 14.9 Å². The van der Waals surface area contributed by atoms with Gasteiger partial charge in [-0.2, -0.15) is 12.7 Å². The molecular formula is C24H28F2N6O4S2. The van der Waals surface area contributed by atoms with Crippen LogP contribution in [0.4, 0.5) is 8.78 Å². The van der Waals surface area contributed by atoms with Gasteiger partial charge in [0.05, 0.1) is 24.8 Å². The van der Waals surface area contributed by atoms with Crippen molar-refractivity contribution in [2.45, 2.75) is 38.0 Å². The second-order valence-electron chi connectivity index (χ2n) is 9.52. The molecule has 0 saturated carbocycles. The SMILES string of the molecule is CCOC(=O)C1=C(CN2CC[C@@]3(F)CN(S(N)(=O)=O)C[C@@H]23)NC(c2nccs2)=N[C@H]1c1cccc(F)c1C. The van der Waals surface area contributed by atoms with Gasteiger partial charge >= 0.3 is 5.97 Å². The van der Waals surface area contributed by atoms with Crippen molar-refractivity contribution in [3.63, 3.8) is 0 Å². The maximum absolute atomic E-state index is 15.8. The first-order valence-electron chi connectivity index (χ1n) is 12.1. The van der Waals surface area contributed by atoms with Crippen LogP contribution in [-0.4, -0.2) is 78.9 Å². The molecule has 14 heteroatoms. The monoisotopic (exact) mass is 566 g/mol. The summed E-state index contributed by atoms with van der Waals surface area (Å²) in [6.45, 7) is 3.41. The first-order valence-corrected chi connectivity index (χ1v) is 14.5. The molecule has 0 unspecified atom stereocenters. The van der Waals surface area contributed by atoms with E-state index in [1.807, 2.05) is 0 Å². The third-order valence-electron chi connectivity index (χ3n) is 7.25. The van der Waals surface area contributed by atoms with Crippen LogP contribution >= 0.6 is 11.3 Å². The van der Waals surface area contributed by atoms with Gasteiger partial charge in [0, 0.05) is 36.9 Å². The Morgan fingerprint density at radius 1 is 1.39 bits per heavy atom. The smallest absolute Gasteiger partial charge is 0.338 e. The van der Waals surface area contributed by atoms with Crippen molar-refractivity contribution in [2.24, 2.45) is 10.1 Å². The van der Waals surface area contributed by atoms with E-state index in [1.54, 1.807) is 42.5 Å². The summed E-state index contributed by atoms with van der Waals surface area (Å²) < 4.78 is 60.6. The number of aliphatic imine (C=N–C) groups is 1. The lowest BCUT2D eigenvalue weighted by Crippen LogP contribution is -2.45. The summed E-state index contributed by atoms with van der Waals surface area (Å²) in [5.74, 6) is -0.679. The Morgan fingerprint density at radius 3 is 2.87 bits per heavy atom. The van der Waals surface area contributed by atoms with Crippen molar-refractivity contribution in [2.75, 3.05) is 32.8 Å². The summed E-state index contributed by atoms with van der Waals surface area (Å²) in [5.41, 5.74) is -0.347. The van der Waals surface area contributed by atoms with E-state index in [0.29, 0.717) is 34.2 Å². The summed E-state index contributed by atoms with van der Waals surface area (Å²) in [5, 5.41) is 10.8. The lowest BCUT2D eigenvalue weighted by molar-refractivity contribution is -0.139. The van der Waals surface area contributed by atoms with Gasteiger partial charge in [0.25, 0.3) is 10.2 Å². The van der Waals surface area contributed by atoms with Crippen molar-refractivity contribution in [1.82, 2.24) is 19.5 Å². The highest BCUT2D eigenvalue weighted by atomic mass is 32.2. The molecule has 1 aromatic heterocycles. The Hall–Kier alpha value is -2.78. The maximum atomic E-state index is 15.8. The van der Waals surface area contributed by atoms with Crippen molar-refractivity contribution >= 4 is 33.4 Å². The molecule has 0 radical (unpaired) electrons. The highest BCUT2D eigenvalue weighted by molar-refractivity contribution is 7.86. The second-order valence-corrected chi connectivity index (χ2v) is 12.0. The first kappa shape index (κ1) is 26.8. The summed E-state index contributed by atoms with van der Waals surface area (Å²) in [6.07, 6.45) is 1.74. The Balaban J connectivity index is 1.58. The highest BCUT2D eigenvalue weighted by Crippen LogP contribution is 2.41. The number of nitrogens with zero attached hydrogens (tertiary/aromatic N) is 4. The van der Waals surface area contributed by atoms with Gasteiger partial charge in [0.15, 0.2) is 10.8 Å². The number of halogens is 2. The van der Waals surface area contributed by atoms with E-state index in [0.717, 1.165) is 4.31 Å². The van der Waals surface area contributed by atoms with Gasteiger partial charge in [-0.05, 0) is 37.5 Å². The van der Waals surface area contributed by atoms with Crippen LogP contribution in [0.1, 0.15) is 35.5 Å². The lowest BCUT2D eigenvalue weighted by atomic mass is 9.92. The Labute approximate surface area is 223 Å². The zero-order valence-corrected chi connectivity index (χ0v) is 22.5. The number of nitrogens with one attached hydrogen (secondary N) is 1. The lowest BCUT2D eigenvalue weighted by Gasteiger charge is -2.32. The van der Waals surface area contributed by atoms with E-state index in [-0.39, 0.29) is 38.2 Å². The van der Waals surface area contributed by atoms with Crippen LogP contribution in [0.25, 0.3) is 0 Å². The van der Waals surface area contributed by atoms with Gasteiger partial charge in [-0.25, -0.2) is 23.7 Å². The Bertz CT molecular complexity index is 1410. The number of fused-ring (bicyclic) bond motifs is 1. The molecule has 5 rings (SSSR count). The molecule has 1 aromatic carbocycles. The molecule has 3 N–H and O–H groups in total.